The Bertz CT molecular complexity index is 653. The molecule has 2 aromatic carbocycles. The molecule has 110 valence electrons. The number of ether oxygens (including phenoxy) is 1. The molecule has 0 aliphatic carbocycles. The minimum atomic E-state index is -0.975. The summed E-state index contributed by atoms with van der Waals surface area (Å²) in [5.74, 6) is -0.378. The lowest BCUT2D eigenvalue weighted by atomic mass is 10.1. The summed E-state index contributed by atoms with van der Waals surface area (Å²) >= 11 is 6.70. The van der Waals surface area contributed by atoms with Crippen molar-refractivity contribution in [3.63, 3.8) is 0 Å². The number of halogens is 2. The summed E-state index contributed by atoms with van der Waals surface area (Å²) in [6, 6.07) is 9.31. The predicted octanol–water partition coefficient (Wildman–Crippen LogP) is 5.11. The first-order valence-electron chi connectivity index (χ1n) is 6.29. The van der Waals surface area contributed by atoms with Crippen molar-refractivity contribution < 1.29 is 14.6 Å². The maximum absolute atomic E-state index is 11.0. The van der Waals surface area contributed by atoms with Crippen LogP contribution in [0.2, 0.25) is 0 Å². The summed E-state index contributed by atoms with van der Waals surface area (Å²) in [4.78, 5) is 11.0. The highest BCUT2D eigenvalue weighted by Gasteiger charge is 2.13. The Morgan fingerprint density at radius 2 is 1.57 bits per heavy atom. The van der Waals surface area contributed by atoms with Gasteiger partial charge in [0.05, 0.1) is 14.5 Å². The molecule has 0 spiro atoms. The van der Waals surface area contributed by atoms with Crippen molar-refractivity contribution >= 4 is 37.8 Å². The zero-order chi connectivity index (χ0) is 15.6. The number of carboxylic acids is 1. The number of carbonyl (C=O) groups is 1. The Balaban J connectivity index is 2.22. The SMILES string of the molecule is Cc1cc(C)cc(COc2c(Br)cc(C(=O)O)cc2Br)c1. The number of carboxylic acid groups (broad SMARTS) is 1. The molecule has 0 saturated heterocycles. The summed E-state index contributed by atoms with van der Waals surface area (Å²) in [6.07, 6.45) is 0. The van der Waals surface area contributed by atoms with Gasteiger partial charge in [-0.25, -0.2) is 4.79 Å². The van der Waals surface area contributed by atoms with Gasteiger partial charge in [0.1, 0.15) is 12.4 Å². The van der Waals surface area contributed by atoms with Crippen LogP contribution in [0.3, 0.4) is 0 Å². The Hall–Kier alpha value is -1.33. The molecule has 0 radical (unpaired) electrons. The number of benzene rings is 2. The summed E-state index contributed by atoms with van der Waals surface area (Å²) in [5.41, 5.74) is 3.65. The molecule has 0 saturated carbocycles. The molecule has 0 aliphatic heterocycles. The number of rotatable bonds is 4. The van der Waals surface area contributed by atoms with Gasteiger partial charge in [-0.05, 0) is 63.4 Å². The van der Waals surface area contributed by atoms with E-state index in [9.17, 15) is 4.79 Å². The smallest absolute Gasteiger partial charge is 0.335 e. The van der Waals surface area contributed by atoms with Crippen molar-refractivity contribution in [2.24, 2.45) is 0 Å². The molecule has 21 heavy (non-hydrogen) atoms. The van der Waals surface area contributed by atoms with Gasteiger partial charge in [0, 0.05) is 0 Å². The highest BCUT2D eigenvalue weighted by Crippen LogP contribution is 2.35. The van der Waals surface area contributed by atoms with Crippen molar-refractivity contribution in [1.82, 2.24) is 0 Å². The predicted molar refractivity (Wildman–Crippen MR) is 89.0 cm³/mol. The van der Waals surface area contributed by atoms with Crippen molar-refractivity contribution in [3.8, 4) is 5.75 Å². The fraction of sp³-hybridized carbons (Fsp3) is 0.188. The van der Waals surface area contributed by atoms with Crippen LogP contribution in [0.5, 0.6) is 5.75 Å². The van der Waals surface area contributed by atoms with Crippen molar-refractivity contribution in [3.05, 3.63) is 61.5 Å². The van der Waals surface area contributed by atoms with Gasteiger partial charge in [-0.15, -0.1) is 0 Å². The zero-order valence-corrected chi connectivity index (χ0v) is 14.8. The molecule has 5 heteroatoms. The van der Waals surface area contributed by atoms with E-state index < -0.39 is 5.97 Å². The Labute approximate surface area is 140 Å². The van der Waals surface area contributed by atoms with Crippen LogP contribution < -0.4 is 4.74 Å². The average Bonchev–Trinajstić information content (AvgIpc) is 2.36. The molecule has 1 N–H and O–H groups in total. The quantitative estimate of drug-likeness (QED) is 0.757. The van der Waals surface area contributed by atoms with E-state index >= 15 is 0 Å². The normalized spacial score (nSPS) is 10.5. The third kappa shape index (κ3) is 4.08. The van der Waals surface area contributed by atoms with Gasteiger partial charge in [0.15, 0.2) is 0 Å². The summed E-state index contributed by atoms with van der Waals surface area (Å²) in [5, 5.41) is 9.01. The lowest BCUT2D eigenvalue weighted by molar-refractivity contribution is 0.0696. The van der Waals surface area contributed by atoms with Gasteiger partial charge in [0.25, 0.3) is 0 Å². The molecule has 2 aromatic rings. The van der Waals surface area contributed by atoms with E-state index in [0.717, 1.165) is 5.56 Å². The molecule has 2 rings (SSSR count). The van der Waals surface area contributed by atoms with E-state index in [1.54, 1.807) is 0 Å². The summed E-state index contributed by atoms with van der Waals surface area (Å²) < 4.78 is 7.03. The zero-order valence-electron chi connectivity index (χ0n) is 11.6. The van der Waals surface area contributed by atoms with E-state index in [1.165, 1.54) is 23.3 Å². The lowest BCUT2D eigenvalue weighted by Gasteiger charge is -2.12. The second-order valence-corrected chi connectivity index (χ2v) is 6.57. The van der Waals surface area contributed by atoms with Crippen LogP contribution in [0.15, 0.2) is 39.3 Å². The van der Waals surface area contributed by atoms with Gasteiger partial charge in [0.2, 0.25) is 0 Å². The van der Waals surface area contributed by atoms with Crippen LogP contribution in [0.4, 0.5) is 0 Å². The van der Waals surface area contributed by atoms with Crippen LogP contribution in [0.25, 0.3) is 0 Å². The standard InChI is InChI=1S/C16H14Br2O3/c1-9-3-10(2)5-11(4-9)8-21-15-13(17)6-12(16(19)20)7-14(15)18/h3-7H,8H2,1-2H3,(H,19,20). The molecule has 0 aromatic heterocycles. The Morgan fingerprint density at radius 1 is 1.05 bits per heavy atom. The topological polar surface area (TPSA) is 46.5 Å². The van der Waals surface area contributed by atoms with Crippen molar-refractivity contribution in [1.29, 1.82) is 0 Å². The molecule has 0 bridgehead atoms. The highest BCUT2D eigenvalue weighted by molar-refractivity contribution is 9.11. The Morgan fingerprint density at radius 3 is 2.05 bits per heavy atom. The van der Waals surface area contributed by atoms with Gasteiger partial charge >= 0.3 is 5.97 Å². The largest absolute Gasteiger partial charge is 0.487 e. The van der Waals surface area contributed by atoms with Crippen LogP contribution in [-0.4, -0.2) is 11.1 Å². The molecule has 0 unspecified atom stereocenters. The monoisotopic (exact) mass is 412 g/mol. The second kappa shape index (κ2) is 6.62. The lowest BCUT2D eigenvalue weighted by Crippen LogP contribution is -2.01. The van der Waals surface area contributed by atoms with E-state index in [0.29, 0.717) is 21.3 Å². The molecule has 0 amide bonds. The van der Waals surface area contributed by atoms with E-state index in [4.69, 9.17) is 9.84 Å². The van der Waals surface area contributed by atoms with Crippen LogP contribution in [0.1, 0.15) is 27.0 Å². The van der Waals surface area contributed by atoms with Crippen molar-refractivity contribution in [2.45, 2.75) is 20.5 Å². The number of aryl methyl sites for hydroxylation is 2. The van der Waals surface area contributed by atoms with Crippen LogP contribution in [0, 0.1) is 13.8 Å². The van der Waals surface area contributed by atoms with Gasteiger partial charge in [-0.2, -0.15) is 0 Å². The minimum absolute atomic E-state index is 0.201. The molecule has 0 heterocycles. The first-order valence-corrected chi connectivity index (χ1v) is 7.87. The first-order chi connectivity index (χ1) is 9.86. The number of aromatic carboxylic acids is 1. The molecule has 0 atom stereocenters. The molecule has 3 nitrogen and oxygen atoms in total. The van der Waals surface area contributed by atoms with E-state index in [2.05, 4.69) is 50.1 Å². The minimum Gasteiger partial charge on any atom is -0.487 e. The van der Waals surface area contributed by atoms with Gasteiger partial charge in [-0.1, -0.05) is 29.3 Å². The highest BCUT2D eigenvalue weighted by atomic mass is 79.9. The summed E-state index contributed by atoms with van der Waals surface area (Å²) in [7, 11) is 0. The third-order valence-corrected chi connectivity index (χ3v) is 4.09. The second-order valence-electron chi connectivity index (χ2n) is 4.86. The number of hydrogen-bond acceptors (Lipinski definition) is 2. The van der Waals surface area contributed by atoms with E-state index in [-0.39, 0.29) is 5.56 Å². The van der Waals surface area contributed by atoms with Gasteiger partial charge in [-0.3, -0.25) is 0 Å². The molecular weight excluding hydrogens is 400 g/mol. The van der Waals surface area contributed by atoms with Crippen LogP contribution >= 0.6 is 31.9 Å². The number of hydrogen-bond donors (Lipinski definition) is 1. The maximum Gasteiger partial charge on any atom is 0.335 e. The maximum atomic E-state index is 11.0. The molecule has 0 aliphatic rings. The molecule has 0 fully saturated rings. The third-order valence-electron chi connectivity index (χ3n) is 2.91. The first kappa shape index (κ1) is 16.0. The van der Waals surface area contributed by atoms with Gasteiger partial charge < -0.3 is 9.84 Å². The summed E-state index contributed by atoms with van der Waals surface area (Å²) in [6.45, 7) is 4.51. The van der Waals surface area contributed by atoms with Crippen LogP contribution in [-0.2, 0) is 6.61 Å². The fourth-order valence-corrected chi connectivity index (χ4v) is 3.54. The molecular formula is C16H14Br2O3. The Kier molecular flexibility index (Phi) is 5.06. The fourth-order valence-electron chi connectivity index (χ4n) is 2.13. The van der Waals surface area contributed by atoms with Crippen molar-refractivity contribution in [2.75, 3.05) is 0 Å². The van der Waals surface area contributed by atoms with E-state index in [1.807, 2.05) is 13.8 Å². The average molecular weight is 414 g/mol.